The highest BCUT2D eigenvalue weighted by atomic mass is 35.5. The summed E-state index contributed by atoms with van der Waals surface area (Å²) in [4.78, 5) is 12.1. The molecule has 2 aromatic heterocycles. The summed E-state index contributed by atoms with van der Waals surface area (Å²) in [6, 6.07) is 5.41. The van der Waals surface area contributed by atoms with Crippen LogP contribution in [0.4, 0.5) is 0 Å². The Balaban J connectivity index is 2.51. The molecule has 0 bridgehead atoms. The Hall–Kier alpha value is -0.840. The van der Waals surface area contributed by atoms with E-state index in [-0.39, 0.29) is 0 Å². The predicted octanol–water partition coefficient (Wildman–Crippen LogP) is 3.83. The number of halogens is 1. The van der Waals surface area contributed by atoms with Gasteiger partial charge in [-0.1, -0.05) is 11.6 Å². The minimum Gasteiger partial charge on any atom is -0.477 e. The molecule has 2 nitrogen and oxygen atoms in total. The van der Waals surface area contributed by atoms with Gasteiger partial charge >= 0.3 is 5.97 Å². The Morgan fingerprint density at radius 2 is 2.14 bits per heavy atom. The van der Waals surface area contributed by atoms with Gasteiger partial charge in [0.05, 0.1) is 4.34 Å². The molecule has 0 aliphatic carbocycles. The summed E-state index contributed by atoms with van der Waals surface area (Å²) in [6.07, 6.45) is 0. The quantitative estimate of drug-likeness (QED) is 0.872. The van der Waals surface area contributed by atoms with Gasteiger partial charge in [0.1, 0.15) is 4.88 Å². The summed E-state index contributed by atoms with van der Waals surface area (Å²) in [6.45, 7) is 0. The summed E-state index contributed by atoms with van der Waals surface area (Å²) in [7, 11) is 0. The van der Waals surface area contributed by atoms with Crippen LogP contribution in [-0.2, 0) is 0 Å². The van der Waals surface area contributed by atoms with Gasteiger partial charge in [-0.2, -0.15) is 0 Å². The lowest BCUT2D eigenvalue weighted by atomic mass is 10.2. The molecule has 0 radical (unpaired) electrons. The number of hydrogen-bond donors (Lipinski definition) is 1. The third-order valence-electron chi connectivity index (χ3n) is 1.70. The molecule has 0 aliphatic heterocycles. The van der Waals surface area contributed by atoms with E-state index >= 15 is 0 Å². The summed E-state index contributed by atoms with van der Waals surface area (Å²) < 4.78 is 0.669. The minimum atomic E-state index is -0.889. The standard InChI is InChI=1S/C9H5ClO2S2/c10-7-2-1-6(14-7)5-3-4-13-8(5)9(11)12/h1-4H,(H,11,12). The second kappa shape index (κ2) is 3.73. The lowest BCUT2D eigenvalue weighted by Gasteiger charge is -1.94. The van der Waals surface area contributed by atoms with E-state index in [1.807, 2.05) is 6.07 Å². The van der Waals surface area contributed by atoms with Crippen LogP contribution in [0.3, 0.4) is 0 Å². The van der Waals surface area contributed by atoms with E-state index in [4.69, 9.17) is 16.7 Å². The molecule has 72 valence electrons. The average molecular weight is 245 g/mol. The normalized spacial score (nSPS) is 10.4. The van der Waals surface area contributed by atoms with Gasteiger partial charge in [0.15, 0.2) is 0 Å². The highest BCUT2D eigenvalue weighted by molar-refractivity contribution is 7.20. The number of carboxylic acid groups (broad SMARTS) is 1. The van der Waals surface area contributed by atoms with Crippen LogP contribution in [0.1, 0.15) is 9.67 Å². The number of hydrogen-bond acceptors (Lipinski definition) is 3. The Bertz CT molecular complexity index is 473. The van der Waals surface area contributed by atoms with Crippen LogP contribution in [0.15, 0.2) is 23.6 Å². The molecule has 0 unspecified atom stereocenters. The number of aromatic carboxylic acids is 1. The van der Waals surface area contributed by atoms with Crippen LogP contribution in [-0.4, -0.2) is 11.1 Å². The van der Waals surface area contributed by atoms with Crippen molar-refractivity contribution in [3.63, 3.8) is 0 Å². The molecule has 0 aliphatic rings. The summed E-state index contributed by atoms with van der Waals surface area (Å²) in [5.41, 5.74) is 0.749. The Kier molecular flexibility index (Phi) is 2.58. The van der Waals surface area contributed by atoms with Crippen molar-refractivity contribution in [2.24, 2.45) is 0 Å². The van der Waals surface area contributed by atoms with Crippen molar-refractivity contribution in [3.05, 3.63) is 32.8 Å². The molecule has 14 heavy (non-hydrogen) atoms. The SMILES string of the molecule is O=C(O)c1sccc1-c1ccc(Cl)s1. The van der Waals surface area contributed by atoms with E-state index in [2.05, 4.69) is 0 Å². The highest BCUT2D eigenvalue weighted by Gasteiger charge is 2.14. The van der Waals surface area contributed by atoms with Crippen molar-refractivity contribution < 1.29 is 9.90 Å². The molecule has 1 N–H and O–H groups in total. The van der Waals surface area contributed by atoms with Crippen molar-refractivity contribution >= 4 is 40.2 Å². The lowest BCUT2D eigenvalue weighted by molar-refractivity contribution is 0.0703. The second-order valence-corrected chi connectivity index (χ2v) is 5.20. The van der Waals surface area contributed by atoms with Gasteiger partial charge in [-0.15, -0.1) is 22.7 Å². The van der Waals surface area contributed by atoms with Crippen LogP contribution in [0.5, 0.6) is 0 Å². The van der Waals surface area contributed by atoms with E-state index in [9.17, 15) is 4.79 Å². The first-order chi connectivity index (χ1) is 6.68. The fourth-order valence-corrected chi connectivity index (χ4v) is 3.01. The third kappa shape index (κ3) is 1.68. The molecule has 0 saturated heterocycles. The number of carboxylic acids is 1. The largest absolute Gasteiger partial charge is 0.477 e. The highest BCUT2D eigenvalue weighted by Crippen LogP contribution is 2.35. The molecule has 0 spiro atoms. The molecule has 0 saturated carbocycles. The van der Waals surface area contributed by atoms with Crippen molar-refractivity contribution in [2.45, 2.75) is 0 Å². The minimum absolute atomic E-state index is 0.364. The van der Waals surface area contributed by atoms with Crippen molar-refractivity contribution in [1.29, 1.82) is 0 Å². The molecule has 5 heteroatoms. The number of thiophene rings is 2. The van der Waals surface area contributed by atoms with Crippen molar-refractivity contribution in [2.75, 3.05) is 0 Å². The van der Waals surface area contributed by atoms with Gasteiger partial charge in [-0.25, -0.2) is 4.79 Å². The fourth-order valence-electron chi connectivity index (χ4n) is 1.13. The van der Waals surface area contributed by atoms with Gasteiger partial charge in [0.25, 0.3) is 0 Å². The molecule has 0 aromatic carbocycles. The molecule has 0 amide bonds. The summed E-state index contributed by atoms with van der Waals surface area (Å²) in [5, 5.41) is 10.7. The Morgan fingerprint density at radius 1 is 1.36 bits per heavy atom. The maximum absolute atomic E-state index is 10.8. The van der Waals surface area contributed by atoms with E-state index in [0.717, 1.165) is 10.4 Å². The maximum Gasteiger partial charge on any atom is 0.346 e. The van der Waals surface area contributed by atoms with Crippen LogP contribution < -0.4 is 0 Å². The van der Waals surface area contributed by atoms with Crippen LogP contribution in [0.25, 0.3) is 10.4 Å². The Labute approximate surface area is 93.4 Å². The second-order valence-electron chi connectivity index (χ2n) is 2.57. The average Bonchev–Trinajstić information content (AvgIpc) is 2.70. The first kappa shape index (κ1) is 9.71. The smallest absolute Gasteiger partial charge is 0.346 e. The molecular weight excluding hydrogens is 240 g/mol. The van der Waals surface area contributed by atoms with Crippen LogP contribution >= 0.6 is 34.3 Å². The van der Waals surface area contributed by atoms with E-state index < -0.39 is 5.97 Å². The molecule has 2 aromatic rings. The van der Waals surface area contributed by atoms with E-state index in [1.54, 1.807) is 17.5 Å². The maximum atomic E-state index is 10.8. The molecule has 0 fully saturated rings. The van der Waals surface area contributed by atoms with Gasteiger partial charge in [-0.05, 0) is 23.6 Å². The monoisotopic (exact) mass is 244 g/mol. The fraction of sp³-hybridized carbons (Fsp3) is 0. The van der Waals surface area contributed by atoms with Crippen molar-refractivity contribution in [3.8, 4) is 10.4 Å². The van der Waals surface area contributed by atoms with Gasteiger partial charge < -0.3 is 5.11 Å². The topological polar surface area (TPSA) is 37.3 Å². The molecular formula is C9H5ClO2S2. The zero-order chi connectivity index (χ0) is 10.1. The molecule has 0 atom stereocenters. The third-order valence-corrected chi connectivity index (χ3v) is 3.86. The summed E-state index contributed by atoms with van der Waals surface area (Å²) in [5.74, 6) is -0.889. The van der Waals surface area contributed by atoms with Crippen molar-refractivity contribution in [1.82, 2.24) is 0 Å². The van der Waals surface area contributed by atoms with Crippen LogP contribution in [0, 0.1) is 0 Å². The predicted molar refractivity (Wildman–Crippen MR) is 59.6 cm³/mol. The molecule has 2 rings (SSSR count). The first-order valence-electron chi connectivity index (χ1n) is 3.75. The Morgan fingerprint density at radius 3 is 2.71 bits per heavy atom. The van der Waals surface area contributed by atoms with Crippen LogP contribution in [0.2, 0.25) is 4.34 Å². The number of rotatable bonds is 2. The van der Waals surface area contributed by atoms with Gasteiger partial charge in [-0.3, -0.25) is 0 Å². The zero-order valence-electron chi connectivity index (χ0n) is 6.86. The first-order valence-corrected chi connectivity index (χ1v) is 5.82. The van der Waals surface area contributed by atoms with Gasteiger partial charge in [0.2, 0.25) is 0 Å². The van der Waals surface area contributed by atoms with Gasteiger partial charge in [0, 0.05) is 10.4 Å². The lowest BCUT2D eigenvalue weighted by Crippen LogP contribution is -1.93. The zero-order valence-corrected chi connectivity index (χ0v) is 9.25. The summed E-state index contributed by atoms with van der Waals surface area (Å²) >= 11 is 8.40. The van der Waals surface area contributed by atoms with E-state index in [0.29, 0.717) is 9.21 Å². The van der Waals surface area contributed by atoms with E-state index in [1.165, 1.54) is 22.7 Å². The number of carbonyl (C=O) groups is 1. The molecule has 2 heterocycles.